The van der Waals surface area contributed by atoms with Gasteiger partial charge in [-0.3, -0.25) is 4.79 Å². The van der Waals surface area contributed by atoms with E-state index in [-0.39, 0.29) is 33.7 Å². The Labute approximate surface area is 242 Å². The van der Waals surface area contributed by atoms with Crippen LogP contribution in [0.25, 0.3) is 0 Å². The lowest BCUT2D eigenvalue weighted by Gasteiger charge is -2.71. The summed E-state index contributed by atoms with van der Waals surface area (Å²) in [6, 6.07) is 0. The number of ketones is 1. The molecule has 0 radical (unpaired) electrons. The Kier molecular flexibility index (Phi) is 6.89. The molecule has 3 nitrogen and oxygen atoms in total. The van der Waals surface area contributed by atoms with Gasteiger partial charge in [-0.1, -0.05) is 64.4 Å². The highest BCUT2D eigenvalue weighted by atomic mass is 35.5. The van der Waals surface area contributed by atoms with Crippen LogP contribution < -0.4 is 0 Å². The average molecular weight is 557 g/mol. The van der Waals surface area contributed by atoms with Crippen molar-refractivity contribution in [3.8, 4) is 0 Å². The highest BCUT2D eigenvalue weighted by molar-refractivity contribution is 6.43. The molecule has 39 heavy (non-hydrogen) atoms. The summed E-state index contributed by atoms with van der Waals surface area (Å²) in [5, 5.41) is 0.484. The van der Waals surface area contributed by atoms with Crippen molar-refractivity contribution in [1.29, 1.82) is 0 Å². The first kappa shape index (κ1) is 28.5. The third kappa shape index (κ3) is 3.91. The summed E-state index contributed by atoms with van der Waals surface area (Å²) >= 11 is 6.73. The molecule has 4 heteroatoms. The molecule has 10 unspecified atom stereocenters. The van der Waals surface area contributed by atoms with Gasteiger partial charge in [-0.05, 0) is 129 Å². The molecule has 6 aliphatic rings. The van der Waals surface area contributed by atoms with Gasteiger partial charge in [-0.25, -0.2) is 0 Å². The van der Waals surface area contributed by atoms with E-state index in [9.17, 15) is 4.79 Å². The second-order valence-electron chi connectivity index (χ2n) is 16.1. The highest BCUT2D eigenvalue weighted by Crippen LogP contribution is 2.77. The van der Waals surface area contributed by atoms with Gasteiger partial charge in [0.15, 0.2) is 12.1 Å². The topological polar surface area (TPSA) is 35.5 Å². The van der Waals surface area contributed by atoms with Gasteiger partial charge in [-0.2, -0.15) is 0 Å². The van der Waals surface area contributed by atoms with E-state index in [0.717, 1.165) is 32.5 Å². The Hall–Kier alpha value is -0.640. The van der Waals surface area contributed by atoms with Gasteiger partial charge in [0.25, 0.3) is 0 Å². The predicted octanol–water partition coefficient (Wildman–Crippen LogP) is 9.10. The zero-order chi connectivity index (χ0) is 28.0. The number of rotatable bonds is 4. The standard InChI is InChI=1S/C35H53ClO3/c1-22(2)23-13-16-35(21-39-28-10-8-9-19-38-28)18-17-33(6)24(29(23)35)11-12-27-32(5)20-25(36)30(37)31(3,4)26(32)14-15-34(27,33)7/h20,23-24,26-29H,1,8-19,21H2,2-7H3. The van der Waals surface area contributed by atoms with Crippen molar-refractivity contribution in [2.45, 2.75) is 118 Å². The maximum atomic E-state index is 13.2. The first-order chi connectivity index (χ1) is 18.3. The molecule has 6 rings (SSSR count). The van der Waals surface area contributed by atoms with Crippen LogP contribution in [0.15, 0.2) is 23.3 Å². The SMILES string of the molecule is C=C(C)C1CCC2(COC3CCCCO3)CCC3(C)C(CCC4C5(C)C=C(Cl)C(=O)C(C)(C)C5CCC43C)C12. The van der Waals surface area contributed by atoms with Gasteiger partial charge in [0, 0.05) is 12.0 Å². The van der Waals surface area contributed by atoms with E-state index in [4.69, 9.17) is 21.1 Å². The molecule has 0 spiro atoms. The zero-order valence-corrected chi connectivity index (χ0v) is 26.3. The largest absolute Gasteiger partial charge is 0.353 e. The molecule has 1 saturated heterocycles. The van der Waals surface area contributed by atoms with Crippen molar-refractivity contribution >= 4 is 17.4 Å². The van der Waals surface area contributed by atoms with Crippen LogP contribution in [-0.4, -0.2) is 25.3 Å². The van der Waals surface area contributed by atoms with Crippen molar-refractivity contribution < 1.29 is 14.3 Å². The monoisotopic (exact) mass is 556 g/mol. The third-order valence-corrected chi connectivity index (χ3v) is 14.5. The first-order valence-electron chi connectivity index (χ1n) is 16.1. The second kappa shape index (κ2) is 9.43. The number of allylic oxidation sites excluding steroid dienone is 3. The van der Waals surface area contributed by atoms with Crippen LogP contribution in [-0.2, 0) is 14.3 Å². The number of halogens is 1. The fraction of sp³-hybridized carbons (Fsp3) is 0.857. The Morgan fingerprint density at radius 2 is 1.74 bits per heavy atom. The van der Waals surface area contributed by atoms with Crippen LogP contribution in [0.2, 0.25) is 0 Å². The van der Waals surface area contributed by atoms with E-state index in [1.165, 1.54) is 56.9 Å². The number of Topliss-reactive ketones (excluding diaryl/α,β-unsaturated/α-hetero) is 1. The van der Waals surface area contributed by atoms with Gasteiger partial charge in [0.2, 0.25) is 0 Å². The lowest BCUT2D eigenvalue weighted by molar-refractivity contribution is -0.235. The number of carbonyl (C=O) groups is 1. The zero-order valence-electron chi connectivity index (χ0n) is 25.5. The smallest absolute Gasteiger partial charge is 0.179 e. The molecular weight excluding hydrogens is 504 g/mol. The molecule has 0 aromatic rings. The number of ether oxygens (including phenoxy) is 2. The third-order valence-electron chi connectivity index (χ3n) is 14.2. The minimum atomic E-state index is -0.392. The van der Waals surface area contributed by atoms with Crippen LogP contribution in [0.4, 0.5) is 0 Å². The van der Waals surface area contributed by atoms with E-state index < -0.39 is 5.41 Å². The molecule has 0 bridgehead atoms. The molecule has 0 aromatic carbocycles. The molecule has 218 valence electrons. The summed E-state index contributed by atoms with van der Waals surface area (Å²) in [5.74, 6) is 2.98. The molecule has 0 aromatic heterocycles. The highest BCUT2D eigenvalue weighted by Gasteiger charge is 2.70. The maximum Gasteiger partial charge on any atom is 0.179 e. The quantitative estimate of drug-likeness (QED) is 0.324. The molecule has 5 fully saturated rings. The van der Waals surface area contributed by atoms with Crippen molar-refractivity contribution in [3.63, 3.8) is 0 Å². The summed E-state index contributed by atoms with van der Waals surface area (Å²) in [5.41, 5.74) is 1.70. The summed E-state index contributed by atoms with van der Waals surface area (Å²) in [6.07, 6.45) is 15.5. The summed E-state index contributed by atoms with van der Waals surface area (Å²) < 4.78 is 12.6. The second-order valence-corrected chi connectivity index (χ2v) is 16.5. The lowest BCUT2D eigenvalue weighted by Crippen LogP contribution is -2.66. The van der Waals surface area contributed by atoms with Gasteiger partial charge >= 0.3 is 0 Å². The van der Waals surface area contributed by atoms with Crippen molar-refractivity contribution in [1.82, 2.24) is 0 Å². The number of hydrogen-bond acceptors (Lipinski definition) is 3. The van der Waals surface area contributed by atoms with Crippen molar-refractivity contribution in [2.24, 2.45) is 56.7 Å². The predicted molar refractivity (Wildman–Crippen MR) is 158 cm³/mol. The van der Waals surface area contributed by atoms with Gasteiger partial charge in [-0.15, -0.1) is 0 Å². The fourth-order valence-corrected chi connectivity index (χ4v) is 12.5. The number of fused-ring (bicyclic) bond motifs is 7. The van der Waals surface area contributed by atoms with E-state index in [1.807, 2.05) is 0 Å². The van der Waals surface area contributed by atoms with Crippen LogP contribution in [0.1, 0.15) is 112 Å². The van der Waals surface area contributed by atoms with Gasteiger partial charge in [0.1, 0.15) is 0 Å². The lowest BCUT2D eigenvalue weighted by atomic mass is 9.33. The maximum absolute atomic E-state index is 13.2. The van der Waals surface area contributed by atoms with Crippen LogP contribution >= 0.6 is 11.6 Å². The molecule has 1 heterocycles. The minimum Gasteiger partial charge on any atom is -0.353 e. The van der Waals surface area contributed by atoms with E-state index in [0.29, 0.717) is 34.6 Å². The van der Waals surface area contributed by atoms with E-state index in [1.54, 1.807) is 0 Å². The van der Waals surface area contributed by atoms with Gasteiger partial charge in [0.05, 0.1) is 11.6 Å². The summed E-state index contributed by atoms with van der Waals surface area (Å²) in [4.78, 5) is 13.2. The molecule has 10 atom stereocenters. The van der Waals surface area contributed by atoms with E-state index >= 15 is 0 Å². The average Bonchev–Trinajstić information content (AvgIpc) is 3.27. The molecule has 4 saturated carbocycles. The van der Waals surface area contributed by atoms with Crippen LogP contribution in [0.5, 0.6) is 0 Å². The van der Waals surface area contributed by atoms with Crippen molar-refractivity contribution in [2.75, 3.05) is 13.2 Å². The van der Waals surface area contributed by atoms with Crippen molar-refractivity contribution in [3.05, 3.63) is 23.3 Å². The Morgan fingerprint density at radius 1 is 0.974 bits per heavy atom. The van der Waals surface area contributed by atoms with Crippen LogP contribution in [0.3, 0.4) is 0 Å². The fourth-order valence-electron chi connectivity index (χ4n) is 12.1. The summed E-state index contributed by atoms with van der Waals surface area (Å²) in [6.45, 7) is 20.6. The Balaban J connectivity index is 1.35. The molecule has 0 amide bonds. The number of hydrogen-bond donors (Lipinski definition) is 0. The first-order valence-corrected chi connectivity index (χ1v) is 16.5. The molecule has 5 aliphatic carbocycles. The molecule has 0 N–H and O–H groups in total. The van der Waals surface area contributed by atoms with Gasteiger partial charge < -0.3 is 9.47 Å². The minimum absolute atomic E-state index is 0.0108. The van der Waals surface area contributed by atoms with Crippen LogP contribution in [0, 0.1) is 56.7 Å². The number of carbonyl (C=O) groups excluding carboxylic acids is 1. The normalized spacial score (nSPS) is 50.7. The van der Waals surface area contributed by atoms with E-state index in [2.05, 4.69) is 54.2 Å². The Bertz CT molecular complexity index is 1060. The Morgan fingerprint density at radius 3 is 2.44 bits per heavy atom. The molecular formula is C35H53ClO3. The molecule has 1 aliphatic heterocycles. The summed E-state index contributed by atoms with van der Waals surface area (Å²) in [7, 11) is 0.